The molecule has 2 aromatic rings. The van der Waals surface area contributed by atoms with Crippen molar-refractivity contribution < 1.29 is 14.3 Å². The Morgan fingerprint density at radius 1 is 1.15 bits per heavy atom. The highest BCUT2D eigenvalue weighted by Crippen LogP contribution is 2.30. The fourth-order valence-corrected chi connectivity index (χ4v) is 2.37. The summed E-state index contributed by atoms with van der Waals surface area (Å²) in [6, 6.07) is 11.8. The van der Waals surface area contributed by atoms with Crippen molar-refractivity contribution in [3.8, 4) is 17.6 Å². The van der Waals surface area contributed by atoms with Gasteiger partial charge in [0.15, 0.2) is 0 Å². The van der Waals surface area contributed by atoms with E-state index < -0.39 is 5.91 Å². The molecular formula is C18H15Cl2N3O3. The summed E-state index contributed by atoms with van der Waals surface area (Å²) in [6.07, 6.45) is 1.25. The lowest BCUT2D eigenvalue weighted by molar-refractivity contribution is -0.112. The average Bonchev–Trinajstić information content (AvgIpc) is 2.65. The van der Waals surface area contributed by atoms with Crippen molar-refractivity contribution in [2.24, 2.45) is 0 Å². The number of amides is 1. The fraction of sp³-hybridized carbons (Fsp3) is 0.111. The van der Waals surface area contributed by atoms with Crippen LogP contribution in [0.15, 0.2) is 48.2 Å². The van der Waals surface area contributed by atoms with Crippen molar-refractivity contribution in [1.29, 1.82) is 5.26 Å². The minimum absolute atomic E-state index is 0.161. The Morgan fingerprint density at radius 2 is 1.92 bits per heavy atom. The Morgan fingerprint density at radius 3 is 2.58 bits per heavy atom. The monoisotopic (exact) mass is 391 g/mol. The van der Waals surface area contributed by atoms with Crippen molar-refractivity contribution in [3.63, 3.8) is 0 Å². The van der Waals surface area contributed by atoms with E-state index >= 15 is 0 Å². The zero-order valence-electron chi connectivity index (χ0n) is 14.0. The van der Waals surface area contributed by atoms with Crippen LogP contribution < -0.4 is 20.1 Å². The number of halogens is 2. The number of methoxy groups -OCH3 is 2. The van der Waals surface area contributed by atoms with Crippen molar-refractivity contribution in [2.75, 3.05) is 24.9 Å². The van der Waals surface area contributed by atoms with Gasteiger partial charge in [0.05, 0.1) is 35.6 Å². The lowest BCUT2D eigenvalue weighted by Gasteiger charge is -2.11. The molecule has 0 saturated heterocycles. The molecule has 0 saturated carbocycles. The van der Waals surface area contributed by atoms with Crippen LogP contribution in [0.25, 0.3) is 0 Å². The third-order valence-corrected chi connectivity index (χ3v) is 4.16. The van der Waals surface area contributed by atoms with Gasteiger partial charge in [0.1, 0.15) is 23.1 Å². The molecule has 26 heavy (non-hydrogen) atoms. The van der Waals surface area contributed by atoms with Crippen LogP contribution in [0.5, 0.6) is 11.5 Å². The molecule has 0 heterocycles. The summed E-state index contributed by atoms with van der Waals surface area (Å²) in [5.74, 6) is 0.347. The highest BCUT2D eigenvalue weighted by atomic mass is 35.5. The molecule has 0 aliphatic rings. The Labute approximate surface area is 160 Å². The van der Waals surface area contributed by atoms with Crippen molar-refractivity contribution >= 4 is 40.5 Å². The third-order valence-electron chi connectivity index (χ3n) is 3.34. The second-order valence-corrected chi connectivity index (χ2v) is 5.72. The van der Waals surface area contributed by atoms with Crippen molar-refractivity contribution in [3.05, 3.63) is 58.2 Å². The summed E-state index contributed by atoms with van der Waals surface area (Å²) in [5, 5.41) is 15.3. The molecule has 0 radical (unpaired) electrons. The van der Waals surface area contributed by atoms with E-state index in [9.17, 15) is 10.1 Å². The maximum absolute atomic E-state index is 12.4. The first kappa shape index (κ1) is 19.4. The number of rotatable bonds is 6. The van der Waals surface area contributed by atoms with E-state index in [-0.39, 0.29) is 10.6 Å². The van der Waals surface area contributed by atoms with Gasteiger partial charge in [-0.3, -0.25) is 4.79 Å². The largest absolute Gasteiger partial charge is 0.497 e. The lowest BCUT2D eigenvalue weighted by atomic mass is 10.2. The maximum Gasteiger partial charge on any atom is 0.267 e. The molecule has 0 fully saturated rings. The van der Waals surface area contributed by atoms with Crippen LogP contribution in [0.4, 0.5) is 11.4 Å². The number of carbonyl (C=O) groups is 1. The molecule has 2 rings (SSSR count). The van der Waals surface area contributed by atoms with Crippen LogP contribution >= 0.6 is 23.2 Å². The number of nitriles is 1. The van der Waals surface area contributed by atoms with Gasteiger partial charge in [-0.1, -0.05) is 29.3 Å². The van der Waals surface area contributed by atoms with Crippen LogP contribution in [0.1, 0.15) is 0 Å². The molecule has 0 aliphatic carbocycles. The first-order valence-corrected chi connectivity index (χ1v) is 8.10. The fourth-order valence-electron chi connectivity index (χ4n) is 2.02. The predicted octanol–water partition coefficient (Wildman–Crippen LogP) is 4.47. The second kappa shape index (κ2) is 8.99. The first-order valence-electron chi connectivity index (χ1n) is 7.34. The highest BCUT2D eigenvalue weighted by molar-refractivity contribution is 6.43. The normalized spacial score (nSPS) is 10.7. The summed E-state index contributed by atoms with van der Waals surface area (Å²) in [6.45, 7) is 0. The van der Waals surface area contributed by atoms with Crippen molar-refractivity contribution in [1.82, 2.24) is 0 Å². The number of benzene rings is 2. The molecular weight excluding hydrogens is 377 g/mol. The quantitative estimate of drug-likeness (QED) is 0.560. The molecule has 2 N–H and O–H groups in total. The van der Waals surface area contributed by atoms with E-state index in [0.29, 0.717) is 27.9 Å². The predicted molar refractivity (Wildman–Crippen MR) is 102 cm³/mol. The number of anilines is 2. The molecule has 0 atom stereocenters. The topological polar surface area (TPSA) is 83.4 Å². The highest BCUT2D eigenvalue weighted by Gasteiger charge is 2.14. The summed E-state index contributed by atoms with van der Waals surface area (Å²) in [7, 11) is 2.98. The minimum atomic E-state index is -0.621. The number of nitrogens with one attached hydrogen (secondary N) is 2. The number of ether oxygens (including phenoxy) is 2. The van der Waals surface area contributed by atoms with Gasteiger partial charge in [0.2, 0.25) is 0 Å². The smallest absolute Gasteiger partial charge is 0.267 e. The Hall–Kier alpha value is -2.88. The molecule has 134 valence electrons. The van der Waals surface area contributed by atoms with Gasteiger partial charge in [-0.25, -0.2) is 0 Å². The van der Waals surface area contributed by atoms with E-state index in [0.717, 1.165) is 0 Å². The van der Waals surface area contributed by atoms with Gasteiger partial charge < -0.3 is 20.1 Å². The Bertz CT molecular complexity index is 892. The molecule has 6 nitrogen and oxygen atoms in total. The first-order chi connectivity index (χ1) is 12.5. The summed E-state index contributed by atoms with van der Waals surface area (Å²) in [5.41, 5.74) is 0.684. The maximum atomic E-state index is 12.4. The Kier molecular flexibility index (Phi) is 6.73. The summed E-state index contributed by atoms with van der Waals surface area (Å²) >= 11 is 12.0. The van der Waals surface area contributed by atoms with Crippen LogP contribution in [-0.2, 0) is 4.79 Å². The van der Waals surface area contributed by atoms with Gasteiger partial charge >= 0.3 is 0 Å². The molecule has 0 spiro atoms. The number of hydrogen-bond donors (Lipinski definition) is 2. The van der Waals surface area contributed by atoms with Crippen LogP contribution in [-0.4, -0.2) is 20.1 Å². The lowest BCUT2D eigenvalue weighted by Crippen LogP contribution is -2.15. The van der Waals surface area contributed by atoms with E-state index in [1.807, 2.05) is 6.07 Å². The van der Waals surface area contributed by atoms with Gasteiger partial charge in [-0.2, -0.15) is 5.26 Å². The van der Waals surface area contributed by atoms with Crippen molar-refractivity contribution in [2.45, 2.75) is 0 Å². The minimum Gasteiger partial charge on any atom is -0.497 e. The zero-order chi connectivity index (χ0) is 19.1. The van der Waals surface area contributed by atoms with E-state index in [1.165, 1.54) is 20.4 Å². The van der Waals surface area contributed by atoms with E-state index in [4.69, 9.17) is 32.7 Å². The number of nitrogens with zero attached hydrogens (tertiary/aromatic N) is 1. The molecule has 8 heteroatoms. The van der Waals surface area contributed by atoms with Gasteiger partial charge in [-0.05, 0) is 24.3 Å². The molecule has 0 unspecified atom stereocenters. The van der Waals surface area contributed by atoms with Gasteiger partial charge in [0, 0.05) is 12.3 Å². The SMILES string of the molecule is COc1ccc(OC)c(NC(=O)/C(C#N)=C\Nc2cccc(Cl)c2Cl)c1. The molecule has 0 aromatic heterocycles. The molecule has 2 aromatic carbocycles. The van der Waals surface area contributed by atoms with Crippen LogP contribution in [0.2, 0.25) is 10.0 Å². The van der Waals surface area contributed by atoms with Gasteiger partial charge in [0.25, 0.3) is 5.91 Å². The van der Waals surface area contributed by atoms with E-state index in [2.05, 4.69) is 10.6 Å². The number of hydrogen-bond acceptors (Lipinski definition) is 5. The van der Waals surface area contributed by atoms with E-state index in [1.54, 1.807) is 36.4 Å². The summed E-state index contributed by atoms with van der Waals surface area (Å²) < 4.78 is 10.3. The second-order valence-electron chi connectivity index (χ2n) is 4.94. The molecule has 0 bridgehead atoms. The number of carbonyl (C=O) groups excluding carboxylic acids is 1. The average molecular weight is 392 g/mol. The molecule has 0 aliphatic heterocycles. The Balaban J connectivity index is 2.21. The third kappa shape index (κ3) is 4.60. The summed E-state index contributed by atoms with van der Waals surface area (Å²) in [4.78, 5) is 12.4. The van der Waals surface area contributed by atoms with Crippen LogP contribution in [0.3, 0.4) is 0 Å². The molecule has 1 amide bonds. The standard InChI is InChI=1S/C18H15Cl2N3O3/c1-25-12-6-7-16(26-2)15(8-12)23-18(24)11(9-21)10-22-14-5-3-4-13(19)17(14)20/h3-8,10,22H,1-2H3,(H,23,24)/b11-10-. The zero-order valence-corrected chi connectivity index (χ0v) is 15.5. The van der Waals surface area contributed by atoms with Gasteiger partial charge in [-0.15, -0.1) is 0 Å². The van der Waals surface area contributed by atoms with Crippen LogP contribution in [0, 0.1) is 11.3 Å².